The molecule has 1 N–H and O–H groups in total. The van der Waals surface area contributed by atoms with E-state index in [1.54, 1.807) is 0 Å². The number of fused-ring (bicyclic) bond motifs is 1. The summed E-state index contributed by atoms with van der Waals surface area (Å²) >= 11 is 0. The van der Waals surface area contributed by atoms with Crippen molar-refractivity contribution in [2.24, 2.45) is 10.9 Å². The van der Waals surface area contributed by atoms with Crippen LogP contribution < -0.4 is 0 Å². The maximum absolute atomic E-state index is 4.70. The van der Waals surface area contributed by atoms with Crippen molar-refractivity contribution in [3.05, 3.63) is 29.5 Å². The highest BCUT2D eigenvalue weighted by atomic mass is 15.1. The van der Waals surface area contributed by atoms with Crippen molar-refractivity contribution >= 4 is 16.6 Å². The summed E-state index contributed by atoms with van der Waals surface area (Å²) in [4.78, 5) is 4.70. The number of aryl methyl sites for hydroxylation is 1. The van der Waals surface area contributed by atoms with Crippen molar-refractivity contribution < 1.29 is 0 Å². The zero-order chi connectivity index (χ0) is 11.8. The zero-order valence-electron chi connectivity index (χ0n) is 10.3. The first kappa shape index (κ1) is 10.5. The molecule has 2 heterocycles. The molecule has 3 nitrogen and oxygen atoms in total. The zero-order valence-corrected chi connectivity index (χ0v) is 10.3. The molecule has 0 amide bonds. The Kier molecular flexibility index (Phi) is 2.46. The third kappa shape index (κ3) is 1.86. The van der Waals surface area contributed by atoms with Gasteiger partial charge in [-0.05, 0) is 48.9 Å². The quantitative estimate of drug-likeness (QED) is 0.799. The van der Waals surface area contributed by atoms with Crippen LogP contribution in [-0.4, -0.2) is 22.5 Å². The lowest BCUT2D eigenvalue weighted by molar-refractivity contribution is 0.538. The summed E-state index contributed by atoms with van der Waals surface area (Å²) in [5, 5.41) is 8.31. The van der Waals surface area contributed by atoms with E-state index in [4.69, 9.17) is 4.99 Å². The number of nitrogens with zero attached hydrogens (tertiary/aromatic N) is 2. The average Bonchev–Trinajstić information content (AvgIpc) is 2.78. The number of aromatic nitrogens is 2. The third-order valence-corrected chi connectivity index (χ3v) is 3.55. The van der Waals surface area contributed by atoms with Crippen molar-refractivity contribution in [2.45, 2.75) is 26.7 Å². The van der Waals surface area contributed by atoms with Gasteiger partial charge < -0.3 is 0 Å². The van der Waals surface area contributed by atoms with Crippen LogP contribution in [0.5, 0.6) is 0 Å². The molecule has 0 radical (unpaired) electrons. The Morgan fingerprint density at radius 2 is 2.24 bits per heavy atom. The van der Waals surface area contributed by atoms with Gasteiger partial charge >= 0.3 is 0 Å². The van der Waals surface area contributed by atoms with Crippen LogP contribution in [-0.2, 0) is 0 Å². The van der Waals surface area contributed by atoms with Crippen molar-refractivity contribution in [1.82, 2.24) is 10.2 Å². The Morgan fingerprint density at radius 1 is 1.35 bits per heavy atom. The first-order chi connectivity index (χ1) is 8.24. The minimum atomic E-state index is 0.734. The largest absolute Gasteiger partial charge is 0.289 e. The van der Waals surface area contributed by atoms with E-state index < -0.39 is 0 Å². The number of aliphatic imine (C=N–C) groups is 1. The highest BCUT2D eigenvalue weighted by Gasteiger charge is 2.14. The number of benzene rings is 1. The van der Waals surface area contributed by atoms with Crippen LogP contribution in [0, 0.1) is 12.8 Å². The number of hydrogen-bond acceptors (Lipinski definition) is 2. The molecule has 1 aliphatic heterocycles. The molecular formula is C14H17N3. The van der Waals surface area contributed by atoms with E-state index in [0.29, 0.717) is 0 Å². The minimum Gasteiger partial charge on any atom is -0.289 e. The van der Waals surface area contributed by atoms with Gasteiger partial charge in [0.15, 0.2) is 0 Å². The Morgan fingerprint density at radius 3 is 3.00 bits per heavy atom. The second-order valence-corrected chi connectivity index (χ2v) is 5.06. The molecule has 3 heteroatoms. The molecule has 2 aromatic rings. The molecule has 1 aliphatic rings. The fourth-order valence-corrected chi connectivity index (χ4v) is 2.46. The lowest BCUT2D eigenvalue weighted by atomic mass is 9.94. The molecular weight excluding hydrogens is 210 g/mol. The lowest BCUT2D eigenvalue weighted by Gasteiger charge is -2.18. The molecule has 1 atom stereocenters. The summed E-state index contributed by atoms with van der Waals surface area (Å²) in [5.41, 5.74) is 4.91. The molecule has 0 saturated carbocycles. The van der Waals surface area contributed by atoms with Gasteiger partial charge in [0, 0.05) is 17.6 Å². The standard InChI is InChI=1S/C14H17N3/c1-9-3-4-13(15-7-9)11-5-10(2)14-12(6-11)8-16-17-14/h5-6,8-9H,3-4,7H2,1-2H3,(H,16,17). The van der Waals surface area contributed by atoms with E-state index in [0.717, 1.165) is 24.4 Å². The van der Waals surface area contributed by atoms with Crippen molar-refractivity contribution in [3.63, 3.8) is 0 Å². The van der Waals surface area contributed by atoms with Gasteiger partial charge in [0.2, 0.25) is 0 Å². The summed E-state index contributed by atoms with van der Waals surface area (Å²) in [5.74, 6) is 0.734. The summed E-state index contributed by atoms with van der Waals surface area (Å²) in [6, 6.07) is 4.41. The van der Waals surface area contributed by atoms with Gasteiger partial charge in [-0.25, -0.2) is 0 Å². The predicted molar refractivity (Wildman–Crippen MR) is 70.6 cm³/mol. The summed E-state index contributed by atoms with van der Waals surface area (Å²) in [7, 11) is 0. The normalized spacial score (nSPS) is 20.6. The van der Waals surface area contributed by atoms with Crippen LogP contribution in [0.2, 0.25) is 0 Å². The van der Waals surface area contributed by atoms with Crippen LogP contribution in [0.4, 0.5) is 0 Å². The number of rotatable bonds is 1. The van der Waals surface area contributed by atoms with E-state index in [-0.39, 0.29) is 0 Å². The highest BCUT2D eigenvalue weighted by molar-refractivity contribution is 6.04. The van der Waals surface area contributed by atoms with Crippen LogP contribution in [0.15, 0.2) is 23.3 Å². The predicted octanol–water partition coefficient (Wildman–Crippen LogP) is 3.09. The molecule has 0 saturated heterocycles. The molecule has 0 fully saturated rings. The molecule has 1 aromatic carbocycles. The Hall–Kier alpha value is -1.64. The van der Waals surface area contributed by atoms with Gasteiger partial charge in [0.25, 0.3) is 0 Å². The van der Waals surface area contributed by atoms with Gasteiger partial charge in [-0.1, -0.05) is 6.92 Å². The number of H-pyrrole nitrogens is 1. The van der Waals surface area contributed by atoms with Crippen molar-refractivity contribution in [1.29, 1.82) is 0 Å². The molecule has 0 spiro atoms. The highest BCUT2D eigenvalue weighted by Crippen LogP contribution is 2.23. The fraction of sp³-hybridized carbons (Fsp3) is 0.429. The molecule has 3 rings (SSSR count). The van der Waals surface area contributed by atoms with Crippen LogP contribution >= 0.6 is 0 Å². The molecule has 1 unspecified atom stereocenters. The third-order valence-electron chi connectivity index (χ3n) is 3.55. The van der Waals surface area contributed by atoms with Gasteiger partial charge in [0.1, 0.15) is 0 Å². The molecule has 1 aromatic heterocycles. The van der Waals surface area contributed by atoms with E-state index in [1.165, 1.54) is 28.6 Å². The molecule has 88 valence electrons. The lowest BCUT2D eigenvalue weighted by Crippen LogP contribution is -2.14. The molecule has 0 aliphatic carbocycles. The number of aromatic amines is 1. The summed E-state index contributed by atoms with van der Waals surface area (Å²) < 4.78 is 0. The van der Waals surface area contributed by atoms with Crippen LogP contribution in [0.25, 0.3) is 10.9 Å². The SMILES string of the molecule is Cc1cc(C2=NCC(C)CC2)cc2cn[nH]c12. The molecule has 17 heavy (non-hydrogen) atoms. The topological polar surface area (TPSA) is 41.0 Å². The van der Waals surface area contributed by atoms with Crippen LogP contribution in [0.1, 0.15) is 30.9 Å². The second-order valence-electron chi connectivity index (χ2n) is 5.06. The van der Waals surface area contributed by atoms with Crippen molar-refractivity contribution in [2.75, 3.05) is 6.54 Å². The second kappa shape index (κ2) is 3.99. The first-order valence-electron chi connectivity index (χ1n) is 6.21. The summed E-state index contributed by atoms with van der Waals surface area (Å²) in [6.45, 7) is 5.36. The molecule has 0 bridgehead atoms. The maximum Gasteiger partial charge on any atom is 0.0679 e. The average molecular weight is 227 g/mol. The monoisotopic (exact) mass is 227 g/mol. The smallest absolute Gasteiger partial charge is 0.0679 e. The number of hydrogen-bond donors (Lipinski definition) is 1. The van der Waals surface area contributed by atoms with E-state index in [2.05, 4.69) is 36.2 Å². The van der Waals surface area contributed by atoms with Gasteiger partial charge in [-0.3, -0.25) is 10.1 Å². The first-order valence-corrected chi connectivity index (χ1v) is 6.21. The fourth-order valence-electron chi connectivity index (χ4n) is 2.46. The Labute approximate surface area is 101 Å². The Balaban J connectivity index is 2.06. The maximum atomic E-state index is 4.70. The minimum absolute atomic E-state index is 0.734. The summed E-state index contributed by atoms with van der Waals surface area (Å²) in [6.07, 6.45) is 4.24. The van der Waals surface area contributed by atoms with E-state index >= 15 is 0 Å². The van der Waals surface area contributed by atoms with Gasteiger partial charge in [-0.15, -0.1) is 0 Å². The Bertz CT molecular complexity index is 580. The van der Waals surface area contributed by atoms with Crippen molar-refractivity contribution in [3.8, 4) is 0 Å². The van der Waals surface area contributed by atoms with Gasteiger partial charge in [0.05, 0.1) is 11.7 Å². The van der Waals surface area contributed by atoms with Gasteiger partial charge in [-0.2, -0.15) is 5.10 Å². The number of nitrogens with one attached hydrogen (secondary N) is 1. The van der Waals surface area contributed by atoms with Crippen LogP contribution in [0.3, 0.4) is 0 Å². The van der Waals surface area contributed by atoms with E-state index in [9.17, 15) is 0 Å². The van der Waals surface area contributed by atoms with E-state index in [1.807, 2.05) is 6.20 Å².